The molecule has 314 valence electrons. The van der Waals surface area contributed by atoms with Crippen LogP contribution in [0.5, 0.6) is 0 Å². The van der Waals surface area contributed by atoms with E-state index in [1.54, 1.807) is 6.08 Å². The monoisotopic (exact) mass is 783 g/mol. The number of carbonyl (C=O) groups excluding carboxylic acids is 2. The van der Waals surface area contributed by atoms with Crippen LogP contribution in [0, 0.1) is 57.2 Å². The van der Waals surface area contributed by atoms with E-state index in [-0.39, 0.29) is 36.3 Å². The van der Waals surface area contributed by atoms with Crippen molar-refractivity contribution in [3.8, 4) is 11.8 Å². The van der Waals surface area contributed by atoms with Gasteiger partial charge in [-0.2, -0.15) is 0 Å². The number of hydrogen-bond donors (Lipinski definition) is 2. The Morgan fingerprint density at radius 3 is 2.51 bits per heavy atom. The van der Waals surface area contributed by atoms with Crippen LogP contribution in [-0.4, -0.2) is 46.6 Å². The minimum atomic E-state index is -1.39. The predicted octanol–water partition coefficient (Wildman–Crippen LogP) is 10.9. The quantitative estimate of drug-likeness (QED) is 0.0985. The molecule has 11 unspecified atom stereocenters. The lowest BCUT2D eigenvalue weighted by Gasteiger charge is -2.71. The number of aliphatic hydroxyl groups is 2. The third-order valence-electron chi connectivity index (χ3n) is 17.2. The highest BCUT2D eigenvalue weighted by atomic mass is 16.5. The molecule has 6 nitrogen and oxygen atoms in total. The molecule has 1 aromatic carbocycles. The van der Waals surface area contributed by atoms with Gasteiger partial charge in [-0.3, -0.25) is 4.79 Å². The first-order valence-electron chi connectivity index (χ1n) is 23.4. The number of aliphatic hydroxyl groups excluding tert-OH is 1. The zero-order chi connectivity index (χ0) is 40.3. The number of benzene rings is 1. The third kappa shape index (κ3) is 8.16. The Labute approximate surface area is 344 Å². The number of carbonyl (C=O) groups is 2. The molecule has 1 aromatic rings. The Bertz CT molecular complexity index is 1660. The van der Waals surface area contributed by atoms with Crippen LogP contribution in [-0.2, 0) is 25.5 Å². The van der Waals surface area contributed by atoms with Crippen molar-refractivity contribution in [1.29, 1.82) is 0 Å². The maximum Gasteiger partial charge on any atom is 0.331 e. The van der Waals surface area contributed by atoms with Gasteiger partial charge >= 0.3 is 11.9 Å². The molecule has 0 radical (unpaired) electrons. The van der Waals surface area contributed by atoms with Crippen LogP contribution in [0.4, 0.5) is 0 Å². The van der Waals surface area contributed by atoms with Gasteiger partial charge in [0.15, 0.2) is 0 Å². The van der Waals surface area contributed by atoms with Gasteiger partial charge in [-0.15, -0.1) is 5.92 Å². The largest absolute Gasteiger partial charge is 0.462 e. The van der Waals surface area contributed by atoms with Crippen LogP contribution in [0.3, 0.4) is 0 Å². The Kier molecular flexibility index (Phi) is 13.1. The number of unbranched alkanes of at least 4 members (excludes halogenated alkanes) is 2. The highest BCUT2D eigenvalue weighted by Gasteiger charge is 2.75. The molecule has 6 aliphatic rings. The van der Waals surface area contributed by atoms with Crippen molar-refractivity contribution >= 4 is 11.9 Å². The normalized spacial score (nSPS) is 39.3. The fourth-order valence-corrected chi connectivity index (χ4v) is 14.3. The molecule has 0 saturated heterocycles. The molecule has 0 aromatic heterocycles. The van der Waals surface area contributed by atoms with Gasteiger partial charge in [-0.1, -0.05) is 102 Å². The van der Waals surface area contributed by atoms with Gasteiger partial charge in [0.1, 0.15) is 12.7 Å². The Hall–Kier alpha value is -2.62. The van der Waals surface area contributed by atoms with E-state index in [1.807, 2.05) is 0 Å². The maximum absolute atomic E-state index is 14.1. The first kappa shape index (κ1) is 42.5. The fourth-order valence-electron chi connectivity index (χ4n) is 14.3. The molecule has 2 aliphatic heterocycles. The standard InChI is InChI=1S/C51H74O6/c1-5-6-8-21-40-22-15-28-49(40)31-25-41(34-49)48(4)30-26-43(52)50(29-14-17-37(2)16-13-20-38-18-9-7-10-19-38)46(48)42-35-47(3,27-12-11-23-44(53)57-42)51(50,55)32-24-39-33-45(54)56-36-39/h7,9-10,18-19,33,37,40-43,46,52,55H,5-6,8,11,13-17,20-26,28-32,34-36H2,1-4H3. The van der Waals surface area contributed by atoms with E-state index in [0.717, 1.165) is 50.0 Å². The number of cyclic esters (lactones) is 1. The minimum absolute atomic E-state index is 0.200. The van der Waals surface area contributed by atoms with Gasteiger partial charge in [0.2, 0.25) is 0 Å². The molecule has 4 aliphatic carbocycles. The summed E-state index contributed by atoms with van der Waals surface area (Å²) in [4.78, 5) is 25.9. The Balaban J connectivity index is 1.25. The van der Waals surface area contributed by atoms with Gasteiger partial charge in [0.05, 0.1) is 23.5 Å². The van der Waals surface area contributed by atoms with Crippen LogP contribution >= 0.6 is 0 Å². The van der Waals surface area contributed by atoms with Crippen molar-refractivity contribution in [1.82, 2.24) is 0 Å². The lowest BCUT2D eigenvalue weighted by molar-refractivity contribution is -0.313. The Morgan fingerprint density at radius 1 is 0.930 bits per heavy atom. The average Bonchev–Trinajstić information content (AvgIpc) is 3.94. The Morgan fingerprint density at radius 2 is 1.74 bits per heavy atom. The molecule has 2 heterocycles. The van der Waals surface area contributed by atoms with E-state index >= 15 is 0 Å². The van der Waals surface area contributed by atoms with Gasteiger partial charge in [0, 0.05) is 30.3 Å². The van der Waals surface area contributed by atoms with E-state index in [9.17, 15) is 19.8 Å². The molecule has 11 atom stereocenters. The van der Waals surface area contributed by atoms with E-state index in [1.165, 1.54) is 69.8 Å². The summed E-state index contributed by atoms with van der Waals surface area (Å²) in [5.74, 6) is 7.92. The maximum atomic E-state index is 14.1. The van der Waals surface area contributed by atoms with Crippen LogP contribution in [0.25, 0.3) is 0 Å². The molecule has 6 heteroatoms. The van der Waals surface area contributed by atoms with E-state index in [4.69, 9.17) is 9.47 Å². The summed E-state index contributed by atoms with van der Waals surface area (Å²) in [6.07, 6.45) is 22.6. The summed E-state index contributed by atoms with van der Waals surface area (Å²) >= 11 is 0. The molecule has 0 amide bonds. The van der Waals surface area contributed by atoms with Crippen molar-refractivity contribution in [2.75, 3.05) is 6.61 Å². The SMILES string of the molecule is CCCCCC1CCCC12CCC(C1(C)CCC(O)C3(CCCC(C)CCCc4ccccc4)C1C1CC(C)(C#CCCC(=O)O1)C3(O)CCC1=CC(=O)OC1)C2. The second kappa shape index (κ2) is 17.5. The molecule has 2 N–H and O–H groups in total. The molecule has 1 spiro atoms. The second-order valence-electron chi connectivity index (χ2n) is 20.5. The average molecular weight is 783 g/mol. The first-order chi connectivity index (χ1) is 27.4. The minimum Gasteiger partial charge on any atom is -0.462 e. The van der Waals surface area contributed by atoms with Gasteiger partial charge in [-0.05, 0) is 130 Å². The van der Waals surface area contributed by atoms with Gasteiger partial charge in [0.25, 0.3) is 0 Å². The number of rotatable bonds is 16. The predicted molar refractivity (Wildman–Crippen MR) is 226 cm³/mol. The summed E-state index contributed by atoms with van der Waals surface area (Å²) in [5, 5.41) is 27.0. The summed E-state index contributed by atoms with van der Waals surface area (Å²) in [6, 6.07) is 10.7. The van der Waals surface area contributed by atoms with Crippen molar-refractivity contribution in [2.45, 2.75) is 193 Å². The number of fused-ring (bicyclic) bond motifs is 4. The van der Waals surface area contributed by atoms with Crippen molar-refractivity contribution in [2.24, 2.45) is 45.3 Å². The van der Waals surface area contributed by atoms with Crippen molar-refractivity contribution in [3.05, 3.63) is 47.5 Å². The van der Waals surface area contributed by atoms with Gasteiger partial charge in [-0.25, -0.2) is 4.79 Å². The second-order valence-corrected chi connectivity index (χ2v) is 20.5. The van der Waals surface area contributed by atoms with Crippen LogP contribution in [0.2, 0.25) is 0 Å². The highest BCUT2D eigenvalue weighted by molar-refractivity contribution is 5.85. The summed E-state index contributed by atoms with van der Waals surface area (Å²) in [6.45, 7) is 9.48. The number of aryl methyl sites for hydroxylation is 1. The summed E-state index contributed by atoms with van der Waals surface area (Å²) in [5.41, 5.74) is -0.829. The van der Waals surface area contributed by atoms with Crippen LogP contribution in [0.1, 0.15) is 175 Å². The third-order valence-corrected chi connectivity index (χ3v) is 17.2. The van der Waals surface area contributed by atoms with E-state index in [2.05, 4.69) is 69.9 Å². The molecule has 4 saturated carbocycles. The first-order valence-corrected chi connectivity index (χ1v) is 23.4. The summed E-state index contributed by atoms with van der Waals surface area (Å²) < 4.78 is 12.1. The number of esters is 2. The number of ether oxygens (including phenoxy) is 2. The molecular formula is C51H74O6. The zero-order valence-electron chi connectivity index (χ0n) is 35.9. The zero-order valence-corrected chi connectivity index (χ0v) is 35.9. The molecular weight excluding hydrogens is 709 g/mol. The molecule has 2 bridgehead atoms. The van der Waals surface area contributed by atoms with E-state index < -0.39 is 28.6 Å². The van der Waals surface area contributed by atoms with Crippen LogP contribution < -0.4 is 0 Å². The smallest absolute Gasteiger partial charge is 0.331 e. The van der Waals surface area contributed by atoms with Crippen molar-refractivity contribution in [3.63, 3.8) is 0 Å². The molecule has 4 fully saturated rings. The highest BCUT2D eigenvalue weighted by Crippen LogP contribution is 2.73. The molecule has 57 heavy (non-hydrogen) atoms. The molecule has 7 rings (SSSR count). The lowest BCUT2D eigenvalue weighted by Crippen LogP contribution is -2.76. The van der Waals surface area contributed by atoms with Gasteiger partial charge < -0.3 is 19.7 Å². The van der Waals surface area contributed by atoms with Crippen LogP contribution in [0.15, 0.2) is 42.0 Å². The fraction of sp³-hybridized carbons (Fsp3) is 0.765. The lowest BCUT2D eigenvalue weighted by atomic mass is 9.36. The van der Waals surface area contributed by atoms with E-state index in [0.29, 0.717) is 55.8 Å². The summed E-state index contributed by atoms with van der Waals surface area (Å²) in [7, 11) is 0. The van der Waals surface area contributed by atoms with Crippen molar-refractivity contribution < 1.29 is 29.3 Å². The topological polar surface area (TPSA) is 93.1 Å². The number of hydrogen-bond acceptors (Lipinski definition) is 6.